The Bertz CT molecular complexity index is 833. The van der Waals surface area contributed by atoms with Crippen LogP contribution in [0.1, 0.15) is 16.2 Å². The lowest BCUT2D eigenvalue weighted by molar-refractivity contribution is 0.0950. The minimum absolute atomic E-state index is 0.0319. The fourth-order valence-electron chi connectivity index (χ4n) is 2.12. The van der Waals surface area contributed by atoms with Gasteiger partial charge >= 0.3 is 0 Å². The Hall–Kier alpha value is -2.47. The van der Waals surface area contributed by atoms with Crippen molar-refractivity contribution in [1.82, 2.24) is 19.9 Å². The van der Waals surface area contributed by atoms with E-state index in [0.717, 1.165) is 17.5 Å². The first-order valence-corrected chi connectivity index (χ1v) is 7.05. The molecule has 0 unspecified atom stereocenters. The second-order valence-electron chi connectivity index (χ2n) is 4.68. The minimum atomic E-state index is -0.641. The molecular weight excluding hydrogens is 307 g/mol. The molecule has 0 saturated heterocycles. The maximum atomic E-state index is 13.6. The van der Waals surface area contributed by atoms with Gasteiger partial charge < -0.3 is 5.32 Å². The predicted octanol–water partition coefficient (Wildman–Crippen LogP) is 2.49. The van der Waals surface area contributed by atoms with Crippen molar-refractivity contribution in [3.8, 4) is 0 Å². The monoisotopic (exact) mass is 318 g/mol. The predicted molar refractivity (Wildman–Crippen MR) is 80.4 cm³/mol. The van der Waals surface area contributed by atoms with E-state index in [1.54, 1.807) is 0 Å². The molecule has 0 aliphatic heterocycles. The summed E-state index contributed by atoms with van der Waals surface area (Å²) in [6, 6.07) is 9.55. The largest absolute Gasteiger partial charge is 0.351 e. The highest BCUT2D eigenvalue weighted by Crippen LogP contribution is 2.14. The summed E-state index contributed by atoms with van der Waals surface area (Å²) in [5, 5.41) is 11.0. The highest BCUT2D eigenvalue weighted by Gasteiger charge is 2.12. The van der Waals surface area contributed by atoms with E-state index in [0.29, 0.717) is 13.0 Å². The summed E-state index contributed by atoms with van der Waals surface area (Å²) in [7, 11) is 0. The van der Waals surface area contributed by atoms with E-state index in [-0.39, 0.29) is 10.6 Å². The number of carbonyl (C=O) groups is 1. The molecule has 7 heteroatoms. The molecule has 2 aromatic heterocycles. The van der Waals surface area contributed by atoms with Crippen LogP contribution in [0.5, 0.6) is 0 Å². The second-order valence-corrected chi connectivity index (χ2v) is 5.11. The van der Waals surface area contributed by atoms with E-state index in [4.69, 9.17) is 11.6 Å². The number of hydrogen-bond acceptors (Lipinski definition) is 3. The van der Waals surface area contributed by atoms with Gasteiger partial charge in [0.2, 0.25) is 0 Å². The van der Waals surface area contributed by atoms with Gasteiger partial charge in [-0.2, -0.15) is 0 Å². The van der Waals surface area contributed by atoms with Gasteiger partial charge in [0.05, 0.1) is 5.56 Å². The Morgan fingerprint density at radius 3 is 2.95 bits per heavy atom. The maximum Gasteiger partial charge on any atom is 0.254 e. The SMILES string of the molecule is O=C(NCCc1nnc2ccccn12)c1ccc(Cl)cc1F. The zero-order chi connectivity index (χ0) is 15.5. The van der Waals surface area contributed by atoms with Gasteiger partial charge in [0.25, 0.3) is 5.91 Å². The van der Waals surface area contributed by atoms with Gasteiger partial charge in [0, 0.05) is 24.2 Å². The van der Waals surface area contributed by atoms with Crippen molar-refractivity contribution < 1.29 is 9.18 Å². The van der Waals surface area contributed by atoms with Crippen LogP contribution in [0.3, 0.4) is 0 Å². The van der Waals surface area contributed by atoms with Crippen molar-refractivity contribution in [2.24, 2.45) is 0 Å². The second kappa shape index (κ2) is 6.11. The van der Waals surface area contributed by atoms with Crippen LogP contribution in [0.25, 0.3) is 5.65 Å². The zero-order valence-corrected chi connectivity index (χ0v) is 12.2. The van der Waals surface area contributed by atoms with Crippen molar-refractivity contribution >= 4 is 23.2 Å². The van der Waals surface area contributed by atoms with Crippen molar-refractivity contribution in [2.45, 2.75) is 6.42 Å². The normalized spacial score (nSPS) is 10.8. The molecule has 1 N–H and O–H groups in total. The zero-order valence-electron chi connectivity index (χ0n) is 11.5. The van der Waals surface area contributed by atoms with Crippen LogP contribution >= 0.6 is 11.6 Å². The molecule has 0 fully saturated rings. The number of amides is 1. The number of nitrogens with one attached hydrogen (secondary N) is 1. The molecular formula is C15H12ClFN4O. The summed E-state index contributed by atoms with van der Waals surface area (Å²) in [6.45, 7) is 0.330. The van der Waals surface area contributed by atoms with Crippen LogP contribution < -0.4 is 5.32 Å². The smallest absolute Gasteiger partial charge is 0.254 e. The van der Waals surface area contributed by atoms with Gasteiger partial charge in [-0.05, 0) is 30.3 Å². The Balaban J connectivity index is 1.64. The number of aromatic nitrogens is 3. The van der Waals surface area contributed by atoms with Crippen LogP contribution in [-0.4, -0.2) is 27.0 Å². The van der Waals surface area contributed by atoms with Crippen LogP contribution in [-0.2, 0) is 6.42 Å². The van der Waals surface area contributed by atoms with Crippen molar-refractivity contribution in [2.75, 3.05) is 6.54 Å². The lowest BCUT2D eigenvalue weighted by atomic mass is 10.2. The third kappa shape index (κ3) is 2.92. The highest BCUT2D eigenvalue weighted by atomic mass is 35.5. The third-order valence-corrected chi connectivity index (χ3v) is 3.43. The maximum absolute atomic E-state index is 13.6. The minimum Gasteiger partial charge on any atom is -0.351 e. The number of fused-ring (bicyclic) bond motifs is 1. The number of halogens is 2. The van der Waals surface area contributed by atoms with E-state index in [2.05, 4.69) is 15.5 Å². The van der Waals surface area contributed by atoms with Gasteiger partial charge in [-0.25, -0.2) is 4.39 Å². The highest BCUT2D eigenvalue weighted by molar-refractivity contribution is 6.30. The van der Waals surface area contributed by atoms with Crippen molar-refractivity contribution in [3.63, 3.8) is 0 Å². The van der Waals surface area contributed by atoms with Gasteiger partial charge in [0.1, 0.15) is 11.6 Å². The molecule has 0 atom stereocenters. The van der Waals surface area contributed by atoms with Crippen LogP contribution in [0.2, 0.25) is 5.02 Å². The number of benzene rings is 1. The fraction of sp³-hybridized carbons (Fsp3) is 0.133. The summed E-state index contributed by atoms with van der Waals surface area (Å²) in [5.74, 6) is -0.395. The first-order chi connectivity index (χ1) is 10.6. The number of carbonyl (C=O) groups excluding carboxylic acids is 1. The van der Waals surface area contributed by atoms with Crippen molar-refractivity contribution in [3.05, 3.63) is 64.8 Å². The molecule has 5 nitrogen and oxygen atoms in total. The molecule has 22 heavy (non-hydrogen) atoms. The van der Waals surface area contributed by atoms with E-state index < -0.39 is 11.7 Å². The molecule has 2 heterocycles. The number of nitrogens with zero attached hydrogens (tertiary/aromatic N) is 3. The van der Waals surface area contributed by atoms with Crippen LogP contribution in [0, 0.1) is 5.82 Å². The quantitative estimate of drug-likeness (QED) is 0.804. The average Bonchev–Trinajstić information content (AvgIpc) is 2.90. The first kappa shape index (κ1) is 14.5. The lowest BCUT2D eigenvalue weighted by Crippen LogP contribution is -2.27. The molecule has 112 valence electrons. The molecule has 3 aromatic rings. The van der Waals surface area contributed by atoms with E-state index in [1.807, 2.05) is 28.8 Å². The molecule has 1 aromatic carbocycles. The number of pyridine rings is 1. The Kier molecular flexibility index (Phi) is 4.02. The fourth-order valence-corrected chi connectivity index (χ4v) is 2.28. The van der Waals surface area contributed by atoms with Gasteiger partial charge in [0.15, 0.2) is 5.65 Å². The first-order valence-electron chi connectivity index (χ1n) is 6.67. The molecule has 0 saturated carbocycles. The Morgan fingerprint density at radius 1 is 1.27 bits per heavy atom. The summed E-state index contributed by atoms with van der Waals surface area (Å²) in [5.41, 5.74) is 0.711. The third-order valence-electron chi connectivity index (χ3n) is 3.19. The molecule has 0 bridgehead atoms. The van der Waals surface area contributed by atoms with Gasteiger partial charge in [-0.15, -0.1) is 10.2 Å². The molecule has 3 rings (SSSR count). The van der Waals surface area contributed by atoms with E-state index in [1.165, 1.54) is 12.1 Å². The summed E-state index contributed by atoms with van der Waals surface area (Å²) < 4.78 is 15.5. The Morgan fingerprint density at radius 2 is 2.14 bits per heavy atom. The molecule has 0 spiro atoms. The molecule has 0 aliphatic rings. The van der Waals surface area contributed by atoms with Gasteiger partial charge in [-0.1, -0.05) is 17.7 Å². The summed E-state index contributed by atoms with van der Waals surface area (Å²) in [4.78, 5) is 11.9. The molecule has 1 amide bonds. The number of hydrogen-bond donors (Lipinski definition) is 1. The topological polar surface area (TPSA) is 59.3 Å². The standard InChI is InChI=1S/C15H12ClFN4O/c16-10-4-5-11(12(17)9-10)15(22)18-7-6-14-20-19-13-3-1-2-8-21(13)14/h1-5,8-9H,6-7H2,(H,18,22). The Labute approximate surface area is 130 Å². The summed E-state index contributed by atoms with van der Waals surface area (Å²) in [6.07, 6.45) is 2.34. The van der Waals surface area contributed by atoms with Crippen LogP contribution in [0.15, 0.2) is 42.6 Å². The van der Waals surface area contributed by atoms with Crippen LogP contribution in [0.4, 0.5) is 4.39 Å². The average molecular weight is 319 g/mol. The molecule has 0 aliphatic carbocycles. The number of rotatable bonds is 4. The lowest BCUT2D eigenvalue weighted by Gasteiger charge is -2.06. The van der Waals surface area contributed by atoms with E-state index in [9.17, 15) is 9.18 Å². The van der Waals surface area contributed by atoms with Gasteiger partial charge in [-0.3, -0.25) is 9.20 Å². The van der Waals surface area contributed by atoms with E-state index >= 15 is 0 Å². The molecule has 0 radical (unpaired) electrons. The van der Waals surface area contributed by atoms with Crippen molar-refractivity contribution in [1.29, 1.82) is 0 Å². The summed E-state index contributed by atoms with van der Waals surface area (Å²) >= 11 is 5.66.